The lowest BCUT2D eigenvalue weighted by Gasteiger charge is -2.33. The molecule has 1 aliphatic heterocycles. The third-order valence-corrected chi connectivity index (χ3v) is 6.24. The molecule has 30 heavy (non-hydrogen) atoms. The summed E-state index contributed by atoms with van der Waals surface area (Å²) in [7, 11) is 0. The molecule has 0 bridgehead atoms. The molecule has 0 spiro atoms. The van der Waals surface area contributed by atoms with Crippen molar-refractivity contribution in [2.45, 2.75) is 46.2 Å². The van der Waals surface area contributed by atoms with Crippen molar-refractivity contribution in [3.8, 4) is 0 Å². The summed E-state index contributed by atoms with van der Waals surface area (Å²) >= 11 is 1.82. The first-order valence-electron chi connectivity index (χ1n) is 10.8. The minimum atomic E-state index is 0. The van der Waals surface area contributed by atoms with Gasteiger partial charge in [-0.25, -0.2) is 9.98 Å². The van der Waals surface area contributed by atoms with Crippen molar-refractivity contribution in [2.24, 2.45) is 4.99 Å². The van der Waals surface area contributed by atoms with E-state index in [1.165, 1.54) is 5.00 Å². The van der Waals surface area contributed by atoms with E-state index in [-0.39, 0.29) is 24.0 Å². The van der Waals surface area contributed by atoms with E-state index in [9.17, 15) is 0 Å². The highest BCUT2D eigenvalue weighted by Gasteiger charge is 2.20. The van der Waals surface area contributed by atoms with Crippen LogP contribution in [0.25, 0.3) is 0 Å². The first-order chi connectivity index (χ1) is 14.2. The van der Waals surface area contributed by atoms with Gasteiger partial charge in [-0.15, -0.1) is 35.3 Å². The number of hydrogen-bond acceptors (Lipinski definition) is 5. The molecule has 1 saturated heterocycles. The highest BCUT2D eigenvalue weighted by molar-refractivity contribution is 14.0. The van der Waals surface area contributed by atoms with Crippen LogP contribution in [0.1, 0.15) is 39.2 Å². The van der Waals surface area contributed by atoms with Gasteiger partial charge in [0, 0.05) is 45.0 Å². The van der Waals surface area contributed by atoms with Crippen LogP contribution in [0.3, 0.4) is 0 Å². The Hall–Kier alpha value is -1.55. The Kier molecular flexibility index (Phi) is 10.7. The van der Waals surface area contributed by atoms with Crippen molar-refractivity contribution < 1.29 is 0 Å². The zero-order valence-corrected chi connectivity index (χ0v) is 21.5. The minimum absolute atomic E-state index is 0. The fourth-order valence-electron chi connectivity index (χ4n) is 3.62. The van der Waals surface area contributed by atoms with Crippen molar-refractivity contribution >= 4 is 52.1 Å². The Bertz CT molecular complexity index is 737. The second-order valence-electron chi connectivity index (χ2n) is 7.25. The first kappa shape index (κ1) is 24.7. The summed E-state index contributed by atoms with van der Waals surface area (Å²) < 4.78 is 0. The van der Waals surface area contributed by atoms with Crippen LogP contribution in [0.4, 0.5) is 10.8 Å². The number of thiophene rings is 1. The maximum atomic E-state index is 4.79. The number of aliphatic imine (C=N–C) groups is 1. The molecule has 8 heteroatoms. The third-order valence-electron chi connectivity index (χ3n) is 5.31. The van der Waals surface area contributed by atoms with Crippen LogP contribution >= 0.6 is 35.3 Å². The molecule has 6 nitrogen and oxygen atoms in total. The minimum Gasteiger partial charge on any atom is -0.363 e. The summed E-state index contributed by atoms with van der Waals surface area (Å²) in [6, 6.07) is 9.03. The van der Waals surface area contributed by atoms with Gasteiger partial charge in [0.05, 0.1) is 11.5 Å². The van der Waals surface area contributed by atoms with E-state index >= 15 is 0 Å². The topological polar surface area (TPSA) is 55.8 Å². The van der Waals surface area contributed by atoms with Crippen LogP contribution in [0.2, 0.25) is 0 Å². The van der Waals surface area contributed by atoms with Crippen LogP contribution in [0.5, 0.6) is 0 Å². The zero-order valence-electron chi connectivity index (χ0n) is 18.3. The number of nitrogens with zero attached hydrogens (tertiary/aromatic N) is 4. The second-order valence-corrected chi connectivity index (χ2v) is 8.18. The van der Waals surface area contributed by atoms with Gasteiger partial charge < -0.3 is 20.4 Å². The molecule has 2 aromatic heterocycles. The second kappa shape index (κ2) is 13.0. The number of anilines is 2. The van der Waals surface area contributed by atoms with Crippen LogP contribution in [-0.2, 0) is 6.54 Å². The van der Waals surface area contributed by atoms with E-state index in [0.717, 1.165) is 62.9 Å². The normalized spacial score (nSPS) is 14.9. The number of halogens is 1. The summed E-state index contributed by atoms with van der Waals surface area (Å²) in [6.45, 7) is 12.0. The average Bonchev–Trinajstić information content (AvgIpc) is 3.29. The monoisotopic (exact) mass is 542 g/mol. The van der Waals surface area contributed by atoms with Gasteiger partial charge in [0.15, 0.2) is 5.96 Å². The van der Waals surface area contributed by atoms with Crippen molar-refractivity contribution in [1.29, 1.82) is 0 Å². The number of guanidine groups is 1. The maximum Gasteiger partial charge on any atom is 0.191 e. The fourth-order valence-corrected chi connectivity index (χ4v) is 4.41. The van der Waals surface area contributed by atoms with Crippen LogP contribution in [0, 0.1) is 0 Å². The molecule has 3 heterocycles. The molecule has 1 fully saturated rings. The highest BCUT2D eigenvalue weighted by atomic mass is 127. The van der Waals surface area contributed by atoms with E-state index in [0.29, 0.717) is 12.6 Å². The van der Waals surface area contributed by atoms with Gasteiger partial charge in [0.2, 0.25) is 0 Å². The average molecular weight is 543 g/mol. The summed E-state index contributed by atoms with van der Waals surface area (Å²) in [6.07, 6.45) is 4.20. The molecule has 166 valence electrons. The van der Waals surface area contributed by atoms with Crippen LogP contribution < -0.4 is 20.4 Å². The van der Waals surface area contributed by atoms with Gasteiger partial charge in [-0.1, -0.05) is 6.07 Å². The molecule has 2 aromatic rings. The highest BCUT2D eigenvalue weighted by Crippen LogP contribution is 2.24. The number of pyridine rings is 1. The Morgan fingerprint density at radius 3 is 2.53 bits per heavy atom. The standard InChI is InChI=1S/C22H34N6S.HI/c1-4-23-22(25-17-18-9-10-20(24-16-18)27(5-2)6-3)26-19-11-13-28(14-12-19)21-8-7-15-29-21;/h7-10,15-16,19H,4-6,11-14,17H2,1-3H3,(H2,23,25,26);1H. The predicted octanol–water partition coefficient (Wildman–Crippen LogP) is 4.33. The predicted molar refractivity (Wildman–Crippen MR) is 141 cm³/mol. The van der Waals surface area contributed by atoms with E-state index < -0.39 is 0 Å². The van der Waals surface area contributed by atoms with Crippen molar-refractivity contribution in [3.05, 3.63) is 41.4 Å². The van der Waals surface area contributed by atoms with Gasteiger partial charge in [0.1, 0.15) is 5.82 Å². The number of piperidine rings is 1. The number of hydrogen-bond donors (Lipinski definition) is 2. The first-order valence-corrected chi connectivity index (χ1v) is 11.6. The van der Waals surface area contributed by atoms with Crippen LogP contribution in [-0.4, -0.2) is 49.7 Å². The van der Waals surface area contributed by atoms with Crippen molar-refractivity contribution in [2.75, 3.05) is 42.5 Å². The molecule has 0 aliphatic carbocycles. The third kappa shape index (κ3) is 7.01. The Morgan fingerprint density at radius 2 is 1.97 bits per heavy atom. The van der Waals surface area contributed by atoms with E-state index in [1.54, 1.807) is 0 Å². The molecule has 0 amide bonds. The molecule has 1 aliphatic rings. The molecule has 2 N–H and O–H groups in total. The summed E-state index contributed by atoms with van der Waals surface area (Å²) in [5.41, 5.74) is 1.13. The summed E-state index contributed by atoms with van der Waals surface area (Å²) in [4.78, 5) is 14.1. The van der Waals surface area contributed by atoms with Gasteiger partial charge in [-0.2, -0.15) is 0 Å². The number of aromatic nitrogens is 1. The zero-order chi connectivity index (χ0) is 20.5. The van der Waals surface area contributed by atoms with E-state index in [1.807, 2.05) is 17.5 Å². The molecule has 0 radical (unpaired) electrons. The molecule has 0 saturated carbocycles. The molecule has 0 aromatic carbocycles. The Morgan fingerprint density at radius 1 is 1.20 bits per heavy atom. The lowest BCUT2D eigenvalue weighted by atomic mass is 10.1. The van der Waals surface area contributed by atoms with Gasteiger partial charge >= 0.3 is 0 Å². The van der Waals surface area contributed by atoms with Crippen molar-refractivity contribution in [3.63, 3.8) is 0 Å². The lowest BCUT2D eigenvalue weighted by Crippen LogP contribution is -2.48. The van der Waals surface area contributed by atoms with Crippen molar-refractivity contribution in [1.82, 2.24) is 15.6 Å². The maximum absolute atomic E-state index is 4.79. The molecule has 0 unspecified atom stereocenters. The summed E-state index contributed by atoms with van der Waals surface area (Å²) in [5, 5.41) is 10.5. The fraction of sp³-hybridized carbons (Fsp3) is 0.545. The molecule has 0 atom stereocenters. The van der Waals surface area contributed by atoms with E-state index in [4.69, 9.17) is 4.99 Å². The lowest BCUT2D eigenvalue weighted by molar-refractivity contribution is 0.463. The van der Waals surface area contributed by atoms with Gasteiger partial charge in [0.25, 0.3) is 0 Å². The molecular formula is C22H35IN6S. The molecular weight excluding hydrogens is 507 g/mol. The smallest absolute Gasteiger partial charge is 0.191 e. The number of nitrogens with one attached hydrogen (secondary N) is 2. The van der Waals surface area contributed by atoms with Gasteiger partial charge in [-0.05, 0) is 62.8 Å². The molecule has 3 rings (SSSR count). The number of rotatable bonds is 8. The Balaban J connectivity index is 0.00000320. The summed E-state index contributed by atoms with van der Waals surface area (Å²) in [5.74, 6) is 1.93. The quantitative estimate of drug-likeness (QED) is 0.296. The van der Waals surface area contributed by atoms with E-state index in [2.05, 4.69) is 75.8 Å². The Labute approximate surface area is 202 Å². The SMILES string of the molecule is CCNC(=NCc1ccc(N(CC)CC)nc1)NC1CCN(c2cccs2)CC1.I. The van der Waals surface area contributed by atoms with Gasteiger partial charge in [-0.3, -0.25) is 0 Å². The van der Waals surface area contributed by atoms with Crippen LogP contribution in [0.15, 0.2) is 40.8 Å². The largest absolute Gasteiger partial charge is 0.363 e.